The maximum Gasteiger partial charge on any atom is 0.289 e. The van der Waals surface area contributed by atoms with Crippen LogP contribution in [-0.2, 0) is 0 Å². The first-order valence-corrected chi connectivity index (χ1v) is 7.01. The smallest absolute Gasteiger partial charge is 0.289 e. The molecule has 0 saturated carbocycles. The fourth-order valence-electron chi connectivity index (χ4n) is 2.39. The highest BCUT2D eigenvalue weighted by molar-refractivity contribution is 6.30. The van der Waals surface area contributed by atoms with Crippen LogP contribution in [0.1, 0.15) is 10.6 Å². The van der Waals surface area contributed by atoms with Crippen molar-refractivity contribution in [3.05, 3.63) is 41.4 Å². The number of nitrogens with zero attached hydrogens (tertiary/aromatic N) is 3. The molecule has 6 nitrogen and oxygen atoms in total. The van der Waals surface area contributed by atoms with Gasteiger partial charge in [0.25, 0.3) is 5.91 Å². The van der Waals surface area contributed by atoms with Crippen LogP contribution in [0.5, 0.6) is 0 Å². The van der Waals surface area contributed by atoms with Crippen molar-refractivity contribution < 1.29 is 9.21 Å². The first-order chi connectivity index (χ1) is 10.1. The third-order valence-electron chi connectivity index (χ3n) is 3.46. The Bertz CT molecular complexity index is 636. The lowest BCUT2D eigenvalue weighted by molar-refractivity contribution is 0.0714. The fraction of sp³-hybridized carbons (Fsp3) is 0.286. The minimum atomic E-state index is -0.0864. The van der Waals surface area contributed by atoms with Gasteiger partial charge in [0.1, 0.15) is 0 Å². The largest absolute Gasteiger partial charge is 0.459 e. The molecule has 2 aromatic heterocycles. The van der Waals surface area contributed by atoms with Gasteiger partial charge in [0.05, 0.1) is 17.0 Å². The van der Waals surface area contributed by atoms with E-state index in [-0.39, 0.29) is 5.91 Å². The number of carbonyl (C=O) groups excluding carboxylic acids is 1. The molecule has 21 heavy (non-hydrogen) atoms. The van der Waals surface area contributed by atoms with Gasteiger partial charge in [0, 0.05) is 32.4 Å². The molecule has 0 unspecified atom stereocenters. The topological polar surface area (TPSA) is 75.6 Å². The maximum absolute atomic E-state index is 12.2. The quantitative estimate of drug-likeness (QED) is 0.916. The predicted octanol–water partition coefficient (Wildman–Crippen LogP) is 1.87. The van der Waals surface area contributed by atoms with E-state index in [1.807, 2.05) is 0 Å². The van der Waals surface area contributed by atoms with Crippen molar-refractivity contribution in [3.8, 4) is 0 Å². The van der Waals surface area contributed by atoms with Crippen molar-refractivity contribution in [1.29, 1.82) is 0 Å². The van der Waals surface area contributed by atoms with E-state index in [1.54, 1.807) is 29.3 Å². The van der Waals surface area contributed by atoms with Crippen LogP contribution in [0.25, 0.3) is 0 Å². The van der Waals surface area contributed by atoms with Crippen LogP contribution >= 0.6 is 11.6 Å². The minimum Gasteiger partial charge on any atom is -0.459 e. The van der Waals surface area contributed by atoms with E-state index in [9.17, 15) is 4.79 Å². The SMILES string of the molecule is Nc1cc(Cl)cnc1N1CCN(C(=O)c2ccco2)CC1. The highest BCUT2D eigenvalue weighted by atomic mass is 35.5. The van der Waals surface area contributed by atoms with Gasteiger partial charge in [0.15, 0.2) is 11.6 Å². The third-order valence-corrected chi connectivity index (χ3v) is 3.67. The Labute approximate surface area is 127 Å². The molecule has 110 valence electrons. The number of anilines is 2. The highest BCUT2D eigenvalue weighted by Crippen LogP contribution is 2.24. The van der Waals surface area contributed by atoms with Crippen molar-refractivity contribution in [1.82, 2.24) is 9.88 Å². The zero-order valence-corrected chi connectivity index (χ0v) is 12.1. The molecule has 2 aromatic rings. The van der Waals surface area contributed by atoms with Gasteiger partial charge in [-0.1, -0.05) is 11.6 Å². The number of hydrogen-bond donors (Lipinski definition) is 1. The van der Waals surface area contributed by atoms with Gasteiger partial charge in [-0.2, -0.15) is 0 Å². The second-order valence-corrected chi connectivity index (χ2v) is 5.26. The Kier molecular flexibility index (Phi) is 3.70. The van der Waals surface area contributed by atoms with Gasteiger partial charge >= 0.3 is 0 Å². The number of hydrogen-bond acceptors (Lipinski definition) is 5. The minimum absolute atomic E-state index is 0.0864. The van der Waals surface area contributed by atoms with Crippen molar-refractivity contribution in [3.63, 3.8) is 0 Å². The van der Waals surface area contributed by atoms with Crippen molar-refractivity contribution in [2.75, 3.05) is 36.8 Å². The van der Waals surface area contributed by atoms with Gasteiger partial charge in [-0.15, -0.1) is 0 Å². The predicted molar refractivity (Wildman–Crippen MR) is 80.5 cm³/mol. The first-order valence-electron chi connectivity index (χ1n) is 6.64. The van der Waals surface area contributed by atoms with Crippen LogP contribution in [0, 0.1) is 0 Å². The highest BCUT2D eigenvalue weighted by Gasteiger charge is 2.25. The molecule has 1 aliphatic rings. The van der Waals surface area contributed by atoms with Crippen LogP contribution in [0.3, 0.4) is 0 Å². The Balaban J connectivity index is 1.66. The van der Waals surface area contributed by atoms with Gasteiger partial charge < -0.3 is 20.0 Å². The number of aromatic nitrogens is 1. The van der Waals surface area contributed by atoms with Crippen LogP contribution in [0.4, 0.5) is 11.5 Å². The Morgan fingerprint density at radius 3 is 2.71 bits per heavy atom. The van der Waals surface area contributed by atoms with Gasteiger partial charge in [0.2, 0.25) is 0 Å². The summed E-state index contributed by atoms with van der Waals surface area (Å²) >= 11 is 5.85. The van der Waals surface area contributed by atoms with Crippen LogP contribution in [0.2, 0.25) is 5.02 Å². The van der Waals surface area contributed by atoms with E-state index in [1.165, 1.54) is 6.26 Å². The molecule has 0 aliphatic carbocycles. The van der Waals surface area contributed by atoms with E-state index >= 15 is 0 Å². The monoisotopic (exact) mass is 306 g/mol. The lowest BCUT2D eigenvalue weighted by Gasteiger charge is -2.35. The Hall–Kier alpha value is -2.21. The van der Waals surface area contributed by atoms with Gasteiger partial charge in [-0.25, -0.2) is 4.98 Å². The number of rotatable bonds is 2. The summed E-state index contributed by atoms with van der Waals surface area (Å²) in [5.41, 5.74) is 6.49. The normalized spacial score (nSPS) is 15.3. The van der Waals surface area contributed by atoms with E-state index < -0.39 is 0 Å². The molecule has 0 atom stereocenters. The number of piperazine rings is 1. The zero-order chi connectivity index (χ0) is 14.8. The summed E-state index contributed by atoms with van der Waals surface area (Å²) in [6.07, 6.45) is 3.08. The standard InChI is InChI=1S/C14H15ClN4O2/c15-10-8-11(16)13(17-9-10)18-3-5-19(6-4-18)14(20)12-2-1-7-21-12/h1-2,7-9H,3-6,16H2. The molecule has 1 amide bonds. The summed E-state index contributed by atoms with van der Waals surface area (Å²) in [4.78, 5) is 20.3. The molecule has 3 rings (SSSR count). The van der Waals surface area contributed by atoms with E-state index in [2.05, 4.69) is 9.88 Å². The molecule has 0 radical (unpaired) electrons. The molecule has 1 saturated heterocycles. The number of nitrogen functional groups attached to an aromatic ring is 1. The van der Waals surface area contributed by atoms with Gasteiger partial charge in [-0.05, 0) is 18.2 Å². The average Bonchev–Trinajstić information content (AvgIpc) is 3.01. The third kappa shape index (κ3) is 2.80. The molecule has 0 spiro atoms. The van der Waals surface area contributed by atoms with Crippen molar-refractivity contribution in [2.24, 2.45) is 0 Å². The second kappa shape index (κ2) is 5.65. The summed E-state index contributed by atoms with van der Waals surface area (Å²) in [7, 11) is 0. The molecule has 7 heteroatoms. The molecule has 0 bridgehead atoms. The molecular formula is C14H15ClN4O2. The van der Waals surface area contributed by atoms with E-state index in [0.717, 1.165) is 0 Å². The number of halogens is 1. The van der Waals surface area contributed by atoms with Crippen LogP contribution < -0.4 is 10.6 Å². The molecular weight excluding hydrogens is 292 g/mol. The number of amides is 1. The number of pyridine rings is 1. The molecule has 3 heterocycles. The summed E-state index contributed by atoms with van der Waals surface area (Å²) in [5.74, 6) is 0.994. The lowest BCUT2D eigenvalue weighted by atomic mass is 10.2. The number of furan rings is 1. The van der Waals surface area contributed by atoms with Crippen molar-refractivity contribution in [2.45, 2.75) is 0 Å². The molecule has 1 aliphatic heterocycles. The lowest BCUT2D eigenvalue weighted by Crippen LogP contribution is -2.49. The second-order valence-electron chi connectivity index (χ2n) is 4.82. The summed E-state index contributed by atoms with van der Waals surface area (Å²) in [5, 5.41) is 0.517. The average molecular weight is 307 g/mol. The maximum atomic E-state index is 12.2. The zero-order valence-electron chi connectivity index (χ0n) is 11.3. The van der Waals surface area contributed by atoms with Crippen LogP contribution in [0.15, 0.2) is 35.1 Å². The number of nitrogens with two attached hydrogens (primary N) is 1. The Morgan fingerprint density at radius 2 is 2.10 bits per heavy atom. The van der Waals surface area contributed by atoms with Crippen LogP contribution in [-0.4, -0.2) is 42.0 Å². The Morgan fingerprint density at radius 1 is 1.33 bits per heavy atom. The van der Waals surface area contributed by atoms with Gasteiger partial charge in [-0.3, -0.25) is 4.79 Å². The van der Waals surface area contributed by atoms with E-state index in [0.29, 0.717) is 48.5 Å². The molecule has 0 aromatic carbocycles. The summed E-state index contributed by atoms with van der Waals surface area (Å²) in [6.45, 7) is 2.54. The fourth-order valence-corrected chi connectivity index (χ4v) is 2.56. The number of carbonyl (C=O) groups is 1. The molecule has 2 N–H and O–H groups in total. The van der Waals surface area contributed by atoms with Crippen molar-refractivity contribution >= 4 is 29.0 Å². The first kappa shape index (κ1) is 13.8. The summed E-state index contributed by atoms with van der Waals surface area (Å²) < 4.78 is 5.14. The summed E-state index contributed by atoms with van der Waals surface area (Å²) in [6, 6.07) is 5.07. The molecule has 1 fully saturated rings. The van der Waals surface area contributed by atoms with E-state index in [4.69, 9.17) is 21.8 Å².